The van der Waals surface area contributed by atoms with E-state index in [0.29, 0.717) is 11.8 Å². The Labute approximate surface area is 101 Å². The van der Waals surface area contributed by atoms with Crippen molar-refractivity contribution in [1.29, 1.82) is 0 Å². The van der Waals surface area contributed by atoms with Crippen LogP contribution in [0, 0.1) is 6.92 Å². The van der Waals surface area contributed by atoms with Crippen LogP contribution in [0.3, 0.4) is 0 Å². The van der Waals surface area contributed by atoms with Gasteiger partial charge in [-0.1, -0.05) is 6.42 Å². The molecule has 2 nitrogen and oxygen atoms in total. The number of nitrogens with one attached hydrogen (secondary N) is 1. The van der Waals surface area contributed by atoms with E-state index in [2.05, 4.69) is 17.6 Å². The molecule has 0 aromatic heterocycles. The standard InChI is InChI=1S/C13H19NOS/c1-9-7-13(16-2)10(8-12(9)15)11-5-3-4-6-14-11/h7-8,11,14-15H,3-6H2,1-2H3. The minimum absolute atomic E-state index is 0.417. The average molecular weight is 237 g/mol. The van der Waals surface area contributed by atoms with Crippen LogP contribution >= 0.6 is 11.8 Å². The van der Waals surface area contributed by atoms with Crippen molar-refractivity contribution in [2.75, 3.05) is 12.8 Å². The molecule has 3 heteroatoms. The van der Waals surface area contributed by atoms with Gasteiger partial charge in [0.15, 0.2) is 0 Å². The second-order valence-electron chi connectivity index (χ2n) is 4.38. The molecule has 0 saturated carbocycles. The first-order valence-electron chi connectivity index (χ1n) is 5.83. The molecule has 0 amide bonds. The molecule has 1 saturated heterocycles. The summed E-state index contributed by atoms with van der Waals surface area (Å²) in [6, 6.07) is 4.44. The van der Waals surface area contributed by atoms with E-state index in [0.717, 1.165) is 12.1 Å². The molecule has 1 heterocycles. The van der Waals surface area contributed by atoms with Gasteiger partial charge in [-0.2, -0.15) is 0 Å². The number of hydrogen-bond acceptors (Lipinski definition) is 3. The number of phenolic OH excluding ortho intramolecular Hbond substituents is 1. The van der Waals surface area contributed by atoms with Crippen molar-refractivity contribution in [2.24, 2.45) is 0 Å². The van der Waals surface area contributed by atoms with Crippen LogP contribution in [0.25, 0.3) is 0 Å². The molecule has 0 bridgehead atoms. The number of aromatic hydroxyl groups is 1. The molecule has 1 aromatic carbocycles. The minimum Gasteiger partial charge on any atom is -0.508 e. The Morgan fingerprint density at radius 1 is 1.38 bits per heavy atom. The van der Waals surface area contributed by atoms with E-state index < -0.39 is 0 Å². The highest BCUT2D eigenvalue weighted by atomic mass is 32.2. The number of rotatable bonds is 2. The molecule has 1 fully saturated rings. The summed E-state index contributed by atoms with van der Waals surface area (Å²) in [5.74, 6) is 0.417. The van der Waals surface area contributed by atoms with Crippen molar-refractivity contribution in [3.63, 3.8) is 0 Å². The van der Waals surface area contributed by atoms with E-state index in [9.17, 15) is 5.11 Å². The van der Waals surface area contributed by atoms with Gasteiger partial charge in [0.1, 0.15) is 5.75 Å². The Hall–Kier alpha value is -0.670. The molecule has 0 spiro atoms. The van der Waals surface area contributed by atoms with Crippen LogP contribution < -0.4 is 5.32 Å². The summed E-state index contributed by atoms with van der Waals surface area (Å²) in [6.07, 6.45) is 5.82. The van der Waals surface area contributed by atoms with Gasteiger partial charge in [-0.25, -0.2) is 0 Å². The SMILES string of the molecule is CSc1cc(C)c(O)cc1C1CCCCN1. The van der Waals surface area contributed by atoms with E-state index in [1.54, 1.807) is 11.8 Å². The van der Waals surface area contributed by atoms with Gasteiger partial charge in [0.25, 0.3) is 0 Å². The normalized spacial score (nSPS) is 21.0. The molecule has 2 N–H and O–H groups in total. The van der Waals surface area contributed by atoms with E-state index in [1.165, 1.54) is 29.7 Å². The van der Waals surface area contributed by atoms with Gasteiger partial charge < -0.3 is 10.4 Å². The Morgan fingerprint density at radius 2 is 2.19 bits per heavy atom. The second kappa shape index (κ2) is 5.11. The molecule has 2 rings (SSSR count). The number of phenols is 1. The maximum atomic E-state index is 9.81. The van der Waals surface area contributed by atoms with Crippen molar-refractivity contribution in [3.8, 4) is 5.75 Å². The van der Waals surface area contributed by atoms with Gasteiger partial charge in [0.2, 0.25) is 0 Å². The first-order valence-corrected chi connectivity index (χ1v) is 7.05. The minimum atomic E-state index is 0.417. The summed E-state index contributed by atoms with van der Waals surface area (Å²) in [6.45, 7) is 3.04. The average Bonchev–Trinajstić information content (AvgIpc) is 2.33. The largest absolute Gasteiger partial charge is 0.508 e. The smallest absolute Gasteiger partial charge is 0.118 e. The second-order valence-corrected chi connectivity index (χ2v) is 5.23. The highest BCUT2D eigenvalue weighted by Gasteiger charge is 2.18. The summed E-state index contributed by atoms with van der Waals surface area (Å²) in [4.78, 5) is 1.29. The highest BCUT2D eigenvalue weighted by Crippen LogP contribution is 2.34. The molecule has 0 radical (unpaired) electrons. The Balaban J connectivity index is 2.33. The molecule has 0 aliphatic carbocycles. The molecule has 88 valence electrons. The summed E-state index contributed by atoms with van der Waals surface area (Å²) < 4.78 is 0. The maximum absolute atomic E-state index is 9.81. The molecule has 1 aliphatic heterocycles. The van der Waals surface area contributed by atoms with E-state index in [1.807, 2.05) is 13.0 Å². The lowest BCUT2D eigenvalue weighted by molar-refractivity contribution is 0.404. The Morgan fingerprint density at radius 3 is 2.81 bits per heavy atom. The van der Waals surface area contributed by atoms with Gasteiger partial charge in [0, 0.05) is 10.9 Å². The molecule has 1 atom stereocenters. The molecule has 1 aliphatic rings. The van der Waals surface area contributed by atoms with Crippen LogP contribution in [-0.2, 0) is 0 Å². The summed E-state index contributed by atoms with van der Waals surface area (Å²) >= 11 is 1.76. The number of aryl methyl sites for hydroxylation is 1. The quantitative estimate of drug-likeness (QED) is 0.775. The lowest BCUT2D eigenvalue weighted by Gasteiger charge is -2.26. The molecule has 1 aromatic rings. The molecular weight excluding hydrogens is 218 g/mol. The molecular formula is C13H19NOS. The van der Waals surface area contributed by atoms with Crippen LogP contribution in [0.15, 0.2) is 17.0 Å². The molecule has 16 heavy (non-hydrogen) atoms. The van der Waals surface area contributed by atoms with E-state index >= 15 is 0 Å². The number of hydrogen-bond donors (Lipinski definition) is 2. The van der Waals surface area contributed by atoms with Crippen molar-refractivity contribution in [2.45, 2.75) is 37.1 Å². The van der Waals surface area contributed by atoms with Gasteiger partial charge in [-0.15, -0.1) is 11.8 Å². The number of benzene rings is 1. The van der Waals surface area contributed by atoms with Crippen molar-refractivity contribution in [1.82, 2.24) is 5.32 Å². The summed E-state index contributed by atoms with van der Waals surface area (Å²) in [5, 5.41) is 13.3. The fraction of sp³-hybridized carbons (Fsp3) is 0.538. The fourth-order valence-corrected chi connectivity index (χ4v) is 2.98. The topological polar surface area (TPSA) is 32.3 Å². The van der Waals surface area contributed by atoms with Crippen molar-refractivity contribution >= 4 is 11.8 Å². The molecule has 1 unspecified atom stereocenters. The van der Waals surface area contributed by atoms with Gasteiger partial charge in [-0.05, 0) is 55.8 Å². The first kappa shape index (κ1) is 11.8. The van der Waals surface area contributed by atoms with Crippen LogP contribution in [0.2, 0.25) is 0 Å². The third kappa shape index (κ3) is 2.36. The van der Waals surface area contributed by atoms with Crippen molar-refractivity contribution in [3.05, 3.63) is 23.3 Å². The monoisotopic (exact) mass is 237 g/mol. The lowest BCUT2D eigenvalue weighted by Crippen LogP contribution is -2.27. The van der Waals surface area contributed by atoms with E-state index in [4.69, 9.17) is 0 Å². The van der Waals surface area contributed by atoms with Gasteiger partial charge in [0.05, 0.1) is 0 Å². The van der Waals surface area contributed by atoms with Crippen LogP contribution in [-0.4, -0.2) is 17.9 Å². The third-order valence-corrected chi connectivity index (χ3v) is 4.03. The Kier molecular flexibility index (Phi) is 3.77. The fourth-order valence-electron chi connectivity index (χ4n) is 2.25. The van der Waals surface area contributed by atoms with Crippen molar-refractivity contribution < 1.29 is 5.11 Å². The predicted octanol–water partition coefficient (Wildman–Crippen LogP) is 3.24. The summed E-state index contributed by atoms with van der Waals surface area (Å²) in [7, 11) is 0. The van der Waals surface area contributed by atoms with Gasteiger partial charge in [-0.3, -0.25) is 0 Å². The van der Waals surface area contributed by atoms with Crippen LogP contribution in [0.1, 0.15) is 36.4 Å². The van der Waals surface area contributed by atoms with Crippen LogP contribution in [0.5, 0.6) is 5.75 Å². The Bertz CT molecular complexity index is 372. The zero-order chi connectivity index (χ0) is 11.5. The zero-order valence-electron chi connectivity index (χ0n) is 9.92. The van der Waals surface area contributed by atoms with Crippen LogP contribution in [0.4, 0.5) is 0 Å². The highest BCUT2D eigenvalue weighted by molar-refractivity contribution is 7.98. The van der Waals surface area contributed by atoms with Gasteiger partial charge >= 0.3 is 0 Å². The third-order valence-electron chi connectivity index (χ3n) is 3.23. The number of thioether (sulfide) groups is 1. The summed E-state index contributed by atoms with van der Waals surface area (Å²) in [5.41, 5.74) is 2.22. The predicted molar refractivity (Wildman–Crippen MR) is 69.2 cm³/mol. The van der Waals surface area contributed by atoms with E-state index in [-0.39, 0.29) is 0 Å². The number of piperidine rings is 1. The lowest BCUT2D eigenvalue weighted by atomic mass is 9.96. The first-order chi connectivity index (χ1) is 7.72. The zero-order valence-corrected chi connectivity index (χ0v) is 10.7. The maximum Gasteiger partial charge on any atom is 0.118 e.